The number of hydrogen-bond donors (Lipinski definition) is 1. The van der Waals surface area contributed by atoms with Crippen molar-refractivity contribution in [3.8, 4) is 0 Å². The van der Waals surface area contributed by atoms with Crippen LogP contribution < -0.4 is 5.73 Å². The molecule has 0 aliphatic rings. The summed E-state index contributed by atoms with van der Waals surface area (Å²) in [5.74, 6) is 1.58. The highest BCUT2D eigenvalue weighted by molar-refractivity contribution is 5.80. The zero-order valence-corrected chi connectivity index (χ0v) is 10.2. The molecule has 1 aromatic carbocycles. The Balaban J connectivity index is 2.65. The molecule has 16 heavy (non-hydrogen) atoms. The second kappa shape index (κ2) is 4.26. The number of imidazole rings is 1. The summed E-state index contributed by atoms with van der Waals surface area (Å²) in [6, 6.07) is 6.38. The van der Waals surface area contributed by atoms with Crippen LogP contribution in [0.25, 0.3) is 11.0 Å². The molecule has 1 heterocycles. The molecule has 2 N–H and O–H groups in total. The maximum atomic E-state index is 5.60. The molecule has 0 aliphatic heterocycles. The number of nitrogens with zero attached hydrogens (tertiary/aromatic N) is 2. The van der Waals surface area contributed by atoms with Crippen molar-refractivity contribution < 1.29 is 0 Å². The van der Waals surface area contributed by atoms with E-state index < -0.39 is 0 Å². The largest absolute Gasteiger partial charge is 0.331 e. The smallest absolute Gasteiger partial charge is 0.110 e. The quantitative estimate of drug-likeness (QED) is 0.856. The molecule has 3 heteroatoms. The minimum atomic E-state index is 0.504. The number of para-hydroxylation sites is 1. The Bertz CT molecular complexity index is 497. The van der Waals surface area contributed by atoms with Crippen LogP contribution in [0.1, 0.15) is 31.2 Å². The topological polar surface area (TPSA) is 43.8 Å². The van der Waals surface area contributed by atoms with E-state index in [-0.39, 0.29) is 0 Å². The maximum Gasteiger partial charge on any atom is 0.110 e. The van der Waals surface area contributed by atoms with Crippen molar-refractivity contribution in [2.45, 2.75) is 26.2 Å². The van der Waals surface area contributed by atoms with Gasteiger partial charge in [-0.25, -0.2) is 4.98 Å². The standard InChI is InChI=1S/C13H19N3/c1-9(2)10-5-4-6-11-13(10)15-12(7-8-14)16(11)3/h4-6,9H,7-8,14H2,1-3H3. The summed E-state index contributed by atoms with van der Waals surface area (Å²) >= 11 is 0. The zero-order valence-electron chi connectivity index (χ0n) is 10.2. The normalized spacial score (nSPS) is 11.6. The van der Waals surface area contributed by atoms with Crippen molar-refractivity contribution in [2.24, 2.45) is 12.8 Å². The van der Waals surface area contributed by atoms with Gasteiger partial charge in [-0.3, -0.25) is 0 Å². The van der Waals surface area contributed by atoms with Crippen molar-refractivity contribution in [1.29, 1.82) is 0 Å². The average Bonchev–Trinajstić information content (AvgIpc) is 2.57. The van der Waals surface area contributed by atoms with Gasteiger partial charge >= 0.3 is 0 Å². The Morgan fingerprint density at radius 1 is 1.38 bits per heavy atom. The Hall–Kier alpha value is -1.35. The fraction of sp³-hybridized carbons (Fsp3) is 0.462. The molecule has 1 aromatic heterocycles. The van der Waals surface area contributed by atoms with Crippen molar-refractivity contribution in [3.63, 3.8) is 0 Å². The van der Waals surface area contributed by atoms with E-state index >= 15 is 0 Å². The molecule has 3 nitrogen and oxygen atoms in total. The van der Waals surface area contributed by atoms with Crippen LogP contribution in [0.2, 0.25) is 0 Å². The molecule has 0 bridgehead atoms. The number of rotatable bonds is 3. The van der Waals surface area contributed by atoms with Crippen LogP contribution in [-0.4, -0.2) is 16.1 Å². The molecule has 0 unspecified atom stereocenters. The first-order valence-electron chi connectivity index (χ1n) is 5.79. The van der Waals surface area contributed by atoms with E-state index in [2.05, 4.69) is 43.7 Å². The summed E-state index contributed by atoms with van der Waals surface area (Å²) in [7, 11) is 2.06. The van der Waals surface area contributed by atoms with Gasteiger partial charge in [-0.2, -0.15) is 0 Å². The number of nitrogens with two attached hydrogens (primary N) is 1. The van der Waals surface area contributed by atoms with E-state index in [0.29, 0.717) is 12.5 Å². The van der Waals surface area contributed by atoms with Gasteiger partial charge in [0.25, 0.3) is 0 Å². The molecular formula is C13H19N3. The Morgan fingerprint density at radius 2 is 2.12 bits per heavy atom. The van der Waals surface area contributed by atoms with Crippen LogP contribution in [0.3, 0.4) is 0 Å². The van der Waals surface area contributed by atoms with Crippen LogP contribution in [0.15, 0.2) is 18.2 Å². The van der Waals surface area contributed by atoms with Gasteiger partial charge in [0.1, 0.15) is 5.82 Å². The number of hydrogen-bond acceptors (Lipinski definition) is 2. The van der Waals surface area contributed by atoms with E-state index in [9.17, 15) is 0 Å². The maximum absolute atomic E-state index is 5.60. The molecule has 0 atom stereocenters. The van der Waals surface area contributed by atoms with Gasteiger partial charge in [-0.15, -0.1) is 0 Å². The van der Waals surface area contributed by atoms with Crippen LogP contribution in [0.5, 0.6) is 0 Å². The van der Waals surface area contributed by atoms with Crippen molar-refractivity contribution >= 4 is 11.0 Å². The first-order valence-corrected chi connectivity index (χ1v) is 5.79. The zero-order chi connectivity index (χ0) is 11.7. The van der Waals surface area contributed by atoms with Gasteiger partial charge in [0, 0.05) is 13.5 Å². The predicted octanol–water partition coefficient (Wildman–Crippen LogP) is 2.20. The number of benzene rings is 1. The monoisotopic (exact) mass is 217 g/mol. The van der Waals surface area contributed by atoms with Gasteiger partial charge in [0.05, 0.1) is 11.0 Å². The SMILES string of the molecule is CC(C)c1cccc2c1nc(CCN)n2C. The molecule has 2 aromatic rings. The van der Waals surface area contributed by atoms with E-state index in [0.717, 1.165) is 17.8 Å². The van der Waals surface area contributed by atoms with Crippen LogP contribution in [0, 0.1) is 0 Å². The van der Waals surface area contributed by atoms with Gasteiger partial charge < -0.3 is 10.3 Å². The van der Waals surface area contributed by atoms with Crippen LogP contribution in [-0.2, 0) is 13.5 Å². The Labute approximate surface area is 96.3 Å². The summed E-state index contributed by atoms with van der Waals surface area (Å²) in [4.78, 5) is 4.71. The van der Waals surface area contributed by atoms with Gasteiger partial charge in [-0.1, -0.05) is 26.0 Å². The summed E-state index contributed by atoms with van der Waals surface area (Å²) in [5.41, 5.74) is 9.24. The third-order valence-corrected chi connectivity index (χ3v) is 3.03. The van der Waals surface area contributed by atoms with Crippen molar-refractivity contribution in [2.75, 3.05) is 6.54 Å². The van der Waals surface area contributed by atoms with E-state index in [4.69, 9.17) is 10.7 Å². The summed E-state index contributed by atoms with van der Waals surface area (Å²) in [6.45, 7) is 5.05. The van der Waals surface area contributed by atoms with E-state index in [1.54, 1.807) is 0 Å². The molecule has 0 spiro atoms. The lowest BCUT2D eigenvalue weighted by atomic mass is 10.0. The first-order chi connectivity index (χ1) is 7.65. The number of aromatic nitrogens is 2. The van der Waals surface area contributed by atoms with Crippen LogP contribution in [0.4, 0.5) is 0 Å². The second-order valence-corrected chi connectivity index (χ2v) is 4.50. The van der Waals surface area contributed by atoms with Gasteiger partial charge in [-0.05, 0) is 24.1 Å². The highest BCUT2D eigenvalue weighted by atomic mass is 15.1. The average molecular weight is 217 g/mol. The second-order valence-electron chi connectivity index (χ2n) is 4.50. The molecule has 0 radical (unpaired) electrons. The Morgan fingerprint density at radius 3 is 2.75 bits per heavy atom. The summed E-state index contributed by atoms with van der Waals surface area (Å²) in [5, 5.41) is 0. The lowest BCUT2D eigenvalue weighted by Crippen LogP contribution is -2.07. The van der Waals surface area contributed by atoms with Crippen molar-refractivity contribution in [3.05, 3.63) is 29.6 Å². The highest BCUT2D eigenvalue weighted by Crippen LogP contribution is 2.25. The first kappa shape index (κ1) is 11.1. The lowest BCUT2D eigenvalue weighted by Gasteiger charge is -2.05. The Kier molecular flexibility index (Phi) is 2.97. The molecule has 0 aliphatic carbocycles. The molecule has 86 valence electrons. The summed E-state index contributed by atoms with van der Waals surface area (Å²) in [6.07, 6.45) is 0.836. The van der Waals surface area contributed by atoms with Gasteiger partial charge in [0.15, 0.2) is 0 Å². The minimum absolute atomic E-state index is 0.504. The summed E-state index contributed by atoms with van der Waals surface area (Å²) < 4.78 is 2.15. The fourth-order valence-electron chi connectivity index (χ4n) is 2.10. The fourth-order valence-corrected chi connectivity index (χ4v) is 2.10. The van der Waals surface area contributed by atoms with E-state index in [1.807, 2.05) is 0 Å². The predicted molar refractivity (Wildman–Crippen MR) is 67.6 cm³/mol. The third kappa shape index (κ3) is 1.71. The van der Waals surface area contributed by atoms with Crippen molar-refractivity contribution in [1.82, 2.24) is 9.55 Å². The third-order valence-electron chi connectivity index (χ3n) is 3.03. The lowest BCUT2D eigenvalue weighted by molar-refractivity contribution is 0.793. The highest BCUT2D eigenvalue weighted by Gasteiger charge is 2.11. The number of fused-ring (bicyclic) bond motifs is 1. The molecule has 0 amide bonds. The molecule has 2 rings (SSSR count). The molecule has 0 saturated heterocycles. The van der Waals surface area contributed by atoms with Crippen LogP contribution >= 0.6 is 0 Å². The van der Waals surface area contributed by atoms with E-state index in [1.165, 1.54) is 11.1 Å². The minimum Gasteiger partial charge on any atom is -0.331 e. The molecular weight excluding hydrogens is 198 g/mol. The molecule has 0 saturated carbocycles. The van der Waals surface area contributed by atoms with Gasteiger partial charge in [0.2, 0.25) is 0 Å². The number of aryl methyl sites for hydroxylation is 1. The molecule has 0 fully saturated rings.